The van der Waals surface area contributed by atoms with Crippen molar-refractivity contribution in [2.45, 2.75) is 13.5 Å². The number of likely N-dealkylation sites (N-methyl/N-ethyl adjacent to an activating group) is 1. The van der Waals surface area contributed by atoms with Gasteiger partial charge in [0, 0.05) is 11.9 Å². The molecule has 0 aliphatic heterocycles. The highest BCUT2D eigenvalue weighted by molar-refractivity contribution is 7.10. The lowest BCUT2D eigenvalue weighted by molar-refractivity contribution is -0.137. The Kier molecular flexibility index (Phi) is 4.30. The van der Waals surface area contributed by atoms with Crippen LogP contribution in [-0.4, -0.2) is 35.6 Å². The monoisotopic (exact) mass is 242 g/mol. The molecule has 0 aromatic carbocycles. The molecule has 1 aromatic rings. The van der Waals surface area contributed by atoms with Crippen molar-refractivity contribution in [3.8, 4) is 0 Å². The molecule has 0 radical (unpaired) electrons. The number of nitrogens with one attached hydrogen (secondary N) is 1. The highest BCUT2D eigenvalue weighted by atomic mass is 32.1. The molecule has 1 aromatic heterocycles. The van der Waals surface area contributed by atoms with Crippen LogP contribution in [0.25, 0.3) is 0 Å². The minimum Gasteiger partial charge on any atom is -0.480 e. The molecule has 0 bridgehead atoms. The maximum atomic E-state index is 11.4. The van der Waals surface area contributed by atoms with Gasteiger partial charge in [-0.2, -0.15) is 0 Å². The maximum Gasteiger partial charge on any atom is 0.323 e. The van der Waals surface area contributed by atoms with Crippen molar-refractivity contribution in [1.82, 2.24) is 10.2 Å². The fraction of sp³-hybridized carbons (Fsp3) is 0.400. The lowest BCUT2D eigenvalue weighted by Gasteiger charge is -2.15. The van der Waals surface area contributed by atoms with E-state index in [1.807, 2.05) is 18.4 Å². The molecular weight excluding hydrogens is 228 g/mol. The van der Waals surface area contributed by atoms with Crippen LogP contribution in [0.5, 0.6) is 0 Å². The van der Waals surface area contributed by atoms with E-state index in [0.717, 1.165) is 15.3 Å². The molecule has 16 heavy (non-hydrogen) atoms. The average Bonchev–Trinajstić information content (AvgIpc) is 2.59. The molecule has 0 atom stereocenters. The van der Waals surface area contributed by atoms with E-state index in [4.69, 9.17) is 5.11 Å². The molecule has 6 heteroatoms. The normalized spacial score (nSPS) is 9.88. The first-order valence-corrected chi connectivity index (χ1v) is 5.62. The number of carboxylic acids is 1. The van der Waals surface area contributed by atoms with Gasteiger partial charge in [-0.05, 0) is 23.9 Å². The summed E-state index contributed by atoms with van der Waals surface area (Å²) in [4.78, 5) is 24.0. The number of aliphatic carboxylic acids is 1. The van der Waals surface area contributed by atoms with Crippen LogP contribution >= 0.6 is 11.3 Å². The van der Waals surface area contributed by atoms with Gasteiger partial charge in [0.1, 0.15) is 6.54 Å². The van der Waals surface area contributed by atoms with Crippen LogP contribution in [0.3, 0.4) is 0 Å². The third-order valence-electron chi connectivity index (χ3n) is 2.09. The number of aryl methyl sites for hydroxylation is 1. The maximum absolute atomic E-state index is 11.4. The second-order valence-corrected chi connectivity index (χ2v) is 4.44. The number of hydrogen-bond acceptors (Lipinski definition) is 3. The number of amides is 2. The minimum atomic E-state index is -1.02. The van der Waals surface area contributed by atoms with E-state index in [-0.39, 0.29) is 12.6 Å². The van der Waals surface area contributed by atoms with Crippen LogP contribution < -0.4 is 5.32 Å². The second kappa shape index (κ2) is 5.50. The van der Waals surface area contributed by atoms with Gasteiger partial charge in [-0.15, -0.1) is 11.3 Å². The van der Waals surface area contributed by atoms with Crippen molar-refractivity contribution in [2.75, 3.05) is 13.6 Å². The smallest absolute Gasteiger partial charge is 0.323 e. The van der Waals surface area contributed by atoms with Crippen LogP contribution in [0, 0.1) is 6.92 Å². The van der Waals surface area contributed by atoms with Crippen molar-refractivity contribution >= 4 is 23.3 Å². The average molecular weight is 242 g/mol. The number of hydrogen-bond donors (Lipinski definition) is 2. The predicted molar refractivity (Wildman–Crippen MR) is 61.6 cm³/mol. The molecule has 5 nitrogen and oxygen atoms in total. The van der Waals surface area contributed by atoms with Gasteiger partial charge in [0.15, 0.2) is 0 Å². The lowest BCUT2D eigenvalue weighted by Crippen LogP contribution is -2.39. The van der Waals surface area contributed by atoms with Gasteiger partial charge in [-0.25, -0.2) is 4.79 Å². The highest BCUT2D eigenvalue weighted by Crippen LogP contribution is 2.14. The standard InChI is InChI=1S/C10H14N2O3S/c1-7-3-4-16-8(7)5-11-10(15)12(2)6-9(13)14/h3-4H,5-6H2,1-2H3,(H,11,15)(H,13,14). The Balaban J connectivity index is 2.41. The topological polar surface area (TPSA) is 69.6 Å². The van der Waals surface area contributed by atoms with Crippen molar-refractivity contribution in [3.63, 3.8) is 0 Å². The summed E-state index contributed by atoms with van der Waals surface area (Å²) in [6.07, 6.45) is 0. The van der Waals surface area contributed by atoms with Gasteiger partial charge >= 0.3 is 12.0 Å². The largest absolute Gasteiger partial charge is 0.480 e. The third-order valence-corrected chi connectivity index (χ3v) is 3.11. The molecule has 2 N–H and O–H groups in total. The number of carbonyl (C=O) groups excluding carboxylic acids is 1. The number of thiophene rings is 1. The molecule has 0 aliphatic rings. The quantitative estimate of drug-likeness (QED) is 0.835. The Morgan fingerprint density at radius 3 is 2.75 bits per heavy atom. The van der Waals surface area contributed by atoms with Gasteiger partial charge < -0.3 is 15.3 Å². The summed E-state index contributed by atoms with van der Waals surface area (Å²) in [5, 5.41) is 13.1. The summed E-state index contributed by atoms with van der Waals surface area (Å²) in [7, 11) is 1.45. The van der Waals surface area contributed by atoms with Crippen LogP contribution in [-0.2, 0) is 11.3 Å². The molecule has 1 heterocycles. The number of carbonyl (C=O) groups is 2. The Bertz CT molecular complexity index is 389. The van der Waals surface area contributed by atoms with Crippen molar-refractivity contribution in [2.24, 2.45) is 0 Å². The summed E-state index contributed by atoms with van der Waals surface area (Å²) in [6.45, 7) is 2.11. The van der Waals surface area contributed by atoms with E-state index in [1.54, 1.807) is 11.3 Å². The van der Waals surface area contributed by atoms with Gasteiger partial charge in [-0.3, -0.25) is 4.79 Å². The summed E-state index contributed by atoms with van der Waals surface area (Å²) in [6, 6.07) is 1.60. The molecule has 88 valence electrons. The van der Waals surface area contributed by atoms with E-state index >= 15 is 0 Å². The molecule has 2 amide bonds. The van der Waals surface area contributed by atoms with E-state index in [9.17, 15) is 9.59 Å². The Morgan fingerprint density at radius 2 is 2.25 bits per heavy atom. The first kappa shape index (κ1) is 12.5. The van der Waals surface area contributed by atoms with Crippen LogP contribution in [0.15, 0.2) is 11.4 Å². The Labute approximate surface area is 97.7 Å². The molecule has 0 saturated carbocycles. The van der Waals surface area contributed by atoms with Crippen molar-refractivity contribution in [1.29, 1.82) is 0 Å². The molecule has 0 aliphatic carbocycles. The molecule has 0 saturated heterocycles. The van der Waals surface area contributed by atoms with E-state index < -0.39 is 5.97 Å². The van der Waals surface area contributed by atoms with Crippen LogP contribution in [0.4, 0.5) is 4.79 Å². The molecule has 0 fully saturated rings. The Morgan fingerprint density at radius 1 is 1.56 bits per heavy atom. The minimum absolute atomic E-state index is 0.296. The molecule has 1 rings (SSSR count). The van der Waals surface area contributed by atoms with E-state index in [1.165, 1.54) is 7.05 Å². The van der Waals surface area contributed by atoms with Crippen LogP contribution in [0.1, 0.15) is 10.4 Å². The van der Waals surface area contributed by atoms with Gasteiger partial charge in [0.2, 0.25) is 0 Å². The first-order valence-electron chi connectivity index (χ1n) is 4.74. The Hall–Kier alpha value is -1.56. The predicted octanol–water partition coefficient (Wildman–Crippen LogP) is 1.28. The zero-order valence-corrected chi connectivity index (χ0v) is 10.0. The second-order valence-electron chi connectivity index (χ2n) is 3.44. The number of urea groups is 1. The van der Waals surface area contributed by atoms with Crippen LogP contribution in [0.2, 0.25) is 0 Å². The van der Waals surface area contributed by atoms with Gasteiger partial charge in [0.25, 0.3) is 0 Å². The third kappa shape index (κ3) is 3.54. The van der Waals surface area contributed by atoms with Gasteiger partial charge in [-0.1, -0.05) is 0 Å². The highest BCUT2D eigenvalue weighted by Gasteiger charge is 2.11. The summed E-state index contributed by atoms with van der Waals surface area (Å²) in [5.41, 5.74) is 1.13. The SMILES string of the molecule is Cc1ccsc1CNC(=O)N(C)CC(=O)O. The summed E-state index contributed by atoms with van der Waals surface area (Å²) >= 11 is 1.57. The molecular formula is C10H14N2O3S. The van der Waals surface area contributed by atoms with E-state index in [2.05, 4.69) is 5.32 Å². The zero-order valence-electron chi connectivity index (χ0n) is 9.19. The number of rotatable bonds is 4. The fourth-order valence-electron chi connectivity index (χ4n) is 1.15. The lowest BCUT2D eigenvalue weighted by atomic mass is 10.3. The fourth-order valence-corrected chi connectivity index (χ4v) is 2.00. The zero-order chi connectivity index (χ0) is 12.1. The molecule has 0 unspecified atom stereocenters. The summed E-state index contributed by atoms with van der Waals surface area (Å²) in [5.74, 6) is -1.02. The number of carboxylic acid groups (broad SMARTS) is 1. The first-order chi connectivity index (χ1) is 7.50. The van der Waals surface area contributed by atoms with Crippen molar-refractivity contribution < 1.29 is 14.7 Å². The van der Waals surface area contributed by atoms with Crippen molar-refractivity contribution in [3.05, 3.63) is 21.9 Å². The van der Waals surface area contributed by atoms with E-state index in [0.29, 0.717) is 6.54 Å². The number of nitrogens with zero attached hydrogens (tertiary/aromatic N) is 1. The molecule has 0 spiro atoms. The van der Waals surface area contributed by atoms with Gasteiger partial charge in [0.05, 0.1) is 6.54 Å². The summed E-state index contributed by atoms with van der Waals surface area (Å²) < 4.78 is 0.